The predicted molar refractivity (Wildman–Crippen MR) is 81.6 cm³/mol. The van der Waals surface area contributed by atoms with Gasteiger partial charge in [-0.2, -0.15) is 0 Å². The minimum atomic E-state index is -0.894. The standard InChI is InChI=1S/C15H16Cl2N2O2/c1-10-8-20-15(21-10,6-12-7-18-9-19(12)2)13-4-3-11(16)5-14(13)17/h3-5,7,9-10H,6,8H2,1-2H3. The van der Waals surface area contributed by atoms with Crippen LogP contribution in [0.3, 0.4) is 0 Å². The van der Waals surface area contributed by atoms with Crippen LogP contribution in [0.2, 0.25) is 10.0 Å². The van der Waals surface area contributed by atoms with Gasteiger partial charge in [-0.3, -0.25) is 0 Å². The molecular weight excluding hydrogens is 311 g/mol. The molecule has 0 aliphatic carbocycles. The summed E-state index contributed by atoms with van der Waals surface area (Å²) >= 11 is 12.3. The molecule has 0 amide bonds. The third-order valence-electron chi connectivity index (χ3n) is 3.61. The van der Waals surface area contributed by atoms with E-state index < -0.39 is 5.79 Å². The molecule has 1 saturated heterocycles. The quantitative estimate of drug-likeness (QED) is 0.865. The number of benzene rings is 1. The SMILES string of the molecule is CC1COC(Cc2cncn2C)(c2ccc(Cl)cc2Cl)O1. The Morgan fingerprint density at radius 3 is 2.81 bits per heavy atom. The molecule has 3 rings (SSSR count). The Morgan fingerprint density at radius 1 is 1.43 bits per heavy atom. The summed E-state index contributed by atoms with van der Waals surface area (Å²) in [6, 6.07) is 5.36. The van der Waals surface area contributed by atoms with Crippen molar-refractivity contribution >= 4 is 23.2 Å². The van der Waals surface area contributed by atoms with E-state index in [4.69, 9.17) is 32.7 Å². The molecule has 1 fully saturated rings. The zero-order valence-corrected chi connectivity index (χ0v) is 13.4. The first-order chi connectivity index (χ1) is 10.00. The first kappa shape index (κ1) is 14.9. The van der Waals surface area contributed by atoms with Gasteiger partial charge in [-0.25, -0.2) is 4.98 Å². The molecule has 0 radical (unpaired) electrons. The maximum atomic E-state index is 6.36. The van der Waals surface area contributed by atoms with Crippen molar-refractivity contribution in [3.8, 4) is 0 Å². The second-order valence-corrected chi connectivity index (χ2v) is 6.13. The van der Waals surface area contributed by atoms with Crippen LogP contribution in [-0.2, 0) is 28.7 Å². The van der Waals surface area contributed by atoms with Crippen LogP contribution < -0.4 is 0 Å². The number of hydrogen-bond donors (Lipinski definition) is 0. The van der Waals surface area contributed by atoms with Crippen LogP contribution in [0, 0.1) is 0 Å². The number of aryl methyl sites for hydroxylation is 1. The van der Waals surface area contributed by atoms with Gasteiger partial charge in [0.05, 0.1) is 24.1 Å². The molecule has 1 aliphatic heterocycles. The topological polar surface area (TPSA) is 36.3 Å². The largest absolute Gasteiger partial charge is 0.343 e. The molecule has 2 unspecified atom stereocenters. The highest BCUT2D eigenvalue weighted by Gasteiger charge is 2.43. The fourth-order valence-electron chi connectivity index (χ4n) is 2.57. The zero-order valence-electron chi connectivity index (χ0n) is 11.8. The van der Waals surface area contributed by atoms with E-state index in [9.17, 15) is 0 Å². The third kappa shape index (κ3) is 2.81. The Kier molecular flexibility index (Phi) is 3.97. The van der Waals surface area contributed by atoms with E-state index in [0.717, 1.165) is 11.3 Å². The molecular formula is C15H16Cl2N2O2. The average Bonchev–Trinajstić information content (AvgIpc) is 2.98. The number of rotatable bonds is 3. The summed E-state index contributed by atoms with van der Waals surface area (Å²) in [7, 11) is 1.94. The maximum Gasteiger partial charge on any atom is 0.202 e. The minimum absolute atomic E-state index is 0.00460. The van der Waals surface area contributed by atoms with E-state index in [2.05, 4.69) is 4.98 Å². The molecule has 0 N–H and O–H groups in total. The molecule has 4 nitrogen and oxygen atoms in total. The number of imidazole rings is 1. The lowest BCUT2D eigenvalue weighted by Crippen LogP contribution is -2.32. The van der Waals surface area contributed by atoms with E-state index in [1.807, 2.05) is 24.6 Å². The van der Waals surface area contributed by atoms with Gasteiger partial charge in [-0.1, -0.05) is 29.3 Å². The fraction of sp³-hybridized carbons (Fsp3) is 0.400. The normalized spacial score (nSPS) is 25.4. The number of halogens is 2. The van der Waals surface area contributed by atoms with Crippen LogP contribution in [-0.4, -0.2) is 22.3 Å². The zero-order chi connectivity index (χ0) is 15.0. The predicted octanol–water partition coefficient (Wildman–Crippen LogP) is 3.56. The molecule has 2 heterocycles. The Balaban J connectivity index is 2.03. The molecule has 2 aromatic rings. The van der Waals surface area contributed by atoms with E-state index in [1.54, 1.807) is 24.7 Å². The molecule has 0 bridgehead atoms. The molecule has 1 aliphatic rings. The molecule has 2 atom stereocenters. The first-order valence-corrected chi connectivity index (χ1v) is 7.48. The van der Waals surface area contributed by atoms with Crippen molar-refractivity contribution < 1.29 is 9.47 Å². The second-order valence-electron chi connectivity index (χ2n) is 5.29. The average molecular weight is 327 g/mol. The van der Waals surface area contributed by atoms with Crippen molar-refractivity contribution in [1.82, 2.24) is 9.55 Å². The van der Waals surface area contributed by atoms with Gasteiger partial charge < -0.3 is 14.0 Å². The lowest BCUT2D eigenvalue weighted by atomic mass is 10.0. The summed E-state index contributed by atoms with van der Waals surface area (Å²) in [4.78, 5) is 4.14. The molecule has 21 heavy (non-hydrogen) atoms. The van der Waals surface area contributed by atoms with Crippen LogP contribution in [0.15, 0.2) is 30.7 Å². The summed E-state index contributed by atoms with van der Waals surface area (Å²) < 4.78 is 14.0. The number of aromatic nitrogens is 2. The Labute approximate surface area is 133 Å². The Hall–Kier alpha value is -1.07. The summed E-state index contributed by atoms with van der Waals surface area (Å²) in [5, 5.41) is 1.13. The highest BCUT2D eigenvalue weighted by atomic mass is 35.5. The lowest BCUT2D eigenvalue weighted by Gasteiger charge is -2.29. The van der Waals surface area contributed by atoms with Crippen molar-refractivity contribution in [2.45, 2.75) is 25.2 Å². The molecule has 6 heteroatoms. The van der Waals surface area contributed by atoms with E-state index >= 15 is 0 Å². The van der Waals surface area contributed by atoms with Gasteiger partial charge in [0.25, 0.3) is 0 Å². The third-order valence-corrected chi connectivity index (χ3v) is 4.16. The summed E-state index contributed by atoms with van der Waals surface area (Å²) in [6.07, 6.45) is 4.10. The van der Waals surface area contributed by atoms with Crippen molar-refractivity contribution in [2.24, 2.45) is 7.05 Å². The first-order valence-electron chi connectivity index (χ1n) is 6.73. The van der Waals surface area contributed by atoms with E-state index in [0.29, 0.717) is 23.1 Å². The van der Waals surface area contributed by atoms with Crippen molar-refractivity contribution in [3.05, 3.63) is 52.0 Å². The van der Waals surface area contributed by atoms with Gasteiger partial charge in [0, 0.05) is 35.9 Å². The molecule has 0 spiro atoms. The lowest BCUT2D eigenvalue weighted by molar-refractivity contribution is -0.175. The van der Waals surface area contributed by atoms with Crippen molar-refractivity contribution in [3.63, 3.8) is 0 Å². The van der Waals surface area contributed by atoms with Crippen LogP contribution in [0.4, 0.5) is 0 Å². The molecule has 0 saturated carbocycles. The van der Waals surface area contributed by atoms with E-state index in [1.165, 1.54) is 0 Å². The smallest absolute Gasteiger partial charge is 0.202 e. The summed E-state index contributed by atoms with van der Waals surface area (Å²) in [5.41, 5.74) is 1.80. The highest BCUT2D eigenvalue weighted by molar-refractivity contribution is 6.35. The highest BCUT2D eigenvalue weighted by Crippen LogP contribution is 2.41. The Bertz CT molecular complexity index is 659. The van der Waals surface area contributed by atoms with Crippen molar-refractivity contribution in [1.29, 1.82) is 0 Å². The van der Waals surface area contributed by atoms with Crippen LogP contribution in [0.1, 0.15) is 18.2 Å². The van der Waals surface area contributed by atoms with Crippen LogP contribution in [0.5, 0.6) is 0 Å². The summed E-state index contributed by atoms with van der Waals surface area (Å²) in [5.74, 6) is -0.894. The van der Waals surface area contributed by atoms with Gasteiger partial charge in [-0.15, -0.1) is 0 Å². The van der Waals surface area contributed by atoms with Gasteiger partial charge >= 0.3 is 0 Å². The van der Waals surface area contributed by atoms with Gasteiger partial charge in [0.1, 0.15) is 0 Å². The number of nitrogens with zero attached hydrogens (tertiary/aromatic N) is 2. The van der Waals surface area contributed by atoms with Crippen molar-refractivity contribution in [2.75, 3.05) is 6.61 Å². The number of hydrogen-bond acceptors (Lipinski definition) is 3. The molecule has 1 aromatic carbocycles. The summed E-state index contributed by atoms with van der Waals surface area (Å²) in [6.45, 7) is 2.51. The molecule has 112 valence electrons. The fourth-order valence-corrected chi connectivity index (χ4v) is 3.12. The van der Waals surface area contributed by atoms with Crippen LogP contribution in [0.25, 0.3) is 0 Å². The molecule has 1 aromatic heterocycles. The minimum Gasteiger partial charge on any atom is -0.343 e. The Morgan fingerprint density at radius 2 is 2.24 bits per heavy atom. The monoisotopic (exact) mass is 326 g/mol. The van der Waals surface area contributed by atoms with Gasteiger partial charge in [0.2, 0.25) is 5.79 Å². The number of ether oxygens (including phenoxy) is 2. The van der Waals surface area contributed by atoms with E-state index in [-0.39, 0.29) is 6.10 Å². The maximum absolute atomic E-state index is 6.36. The van der Waals surface area contributed by atoms with Gasteiger partial charge in [0.15, 0.2) is 0 Å². The van der Waals surface area contributed by atoms with Gasteiger partial charge in [-0.05, 0) is 19.1 Å². The van der Waals surface area contributed by atoms with Crippen LogP contribution >= 0.6 is 23.2 Å². The second kappa shape index (κ2) is 5.61.